The lowest BCUT2D eigenvalue weighted by atomic mass is 10.1. The summed E-state index contributed by atoms with van der Waals surface area (Å²) in [6.45, 7) is 0. The van der Waals surface area contributed by atoms with Gasteiger partial charge in [0.25, 0.3) is 0 Å². The van der Waals surface area contributed by atoms with Crippen LogP contribution in [-0.4, -0.2) is 4.01 Å². The molecule has 0 nitrogen and oxygen atoms in total. The van der Waals surface area contributed by atoms with Gasteiger partial charge in [0.15, 0.2) is 0 Å². The van der Waals surface area contributed by atoms with E-state index in [1.165, 1.54) is 10.8 Å². The average molecular weight is 244 g/mol. The van der Waals surface area contributed by atoms with Crippen LogP contribution in [0.25, 0.3) is 0 Å². The van der Waals surface area contributed by atoms with E-state index in [0.29, 0.717) is 20.7 Å². The largest absolute Gasteiger partial charge is 0.122 e. The second kappa shape index (κ2) is 2.82. The summed E-state index contributed by atoms with van der Waals surface area (Å²) in [5, 5.41) is 0. The molecule has 0 saturated heterocycles. The summed E-state index contributed by atoms with van der Waals surface area (Å²) in [6.07, 6.45) is 1.23. The fourth-order valence-electron chi connectivity index (χ4n) is 1.16. The van der Waals surface area contributed by atoms with Gasteiger partial charge in [0.05, 0.1) is 0 Å². The normalized spacial score (nSPS) is 15.6. The average Bonchev–Trinajstić information content (AvgIpc) is 2.05. The molecular weight excluding hydrogens is 235 g/mol. The zero-order valence-corrected chi connectivity index (χ0v) is 7.84. The van der Waals surface area contributed by atoms with Crippen LogP contribution in [0.15, 0.2) is 24.3 Å². The zero-order chi connectivity index (χ0) is 6.81. The lowest BCUT2D eigenvalue weighted by Gasteiger charge is -2.08. The predicted octanol–water partition coefficient (Wildman–Crippen LogP) is 2.52. The van der Waals surface area contributed by atoms with E-state index in [4.69, 9.17) is 0 Å². The van der Waals surface area contributed by atoms with E-state index in [-0.39, 0.29) is 0 Å². The minimum Gasteiger partial charge on any atom is -0.122 e. The standard InChI is InChI=1S/C9H9I/c1-2-4-9-7-10-6-5-8(9)3-1/h1-4,6H,5,7H2. The Morgan fingerprint density at radius 2 is 1.90 bits per heavy atom. The predicted molar refractivity (Wildman–Crippen MR) is 53.9 cm³/mol. The number of hydrogen-bond donors (Lipinski definition) is 0. The molecule has 1 heterocycles. The summed E-state index contributed by atoms with van der Waals surface area (Å²) < 4.78 is 3.83. The number of hydrogen-bond acceptors (Lipinski definition) is 0. The van der Waals surface area contributed by atoms with Crippen LogP contribution in [0.1, 0.15) is 11.1 Å². The minimum absolute atomic E-state index is 0.401. The molecule has 0 spiro atoms. The Bertz CT molecular complexity index is 236. The molecule has 1 aromatic rings. The Morgan fingerprint density at radius 3 is 2.70 bits per heavy atom. The van der Waals surface area contributed by atoms with Crippen LogP contribution in [0.4, 0.5) is 0 Å². The number of halogens is 1. The molecule has 2 rings (SSSR count). The highest BCUT2D eigenvalue weighted by Crippen LogP contribution is 2.20. The number of benzene rings is 1. The van der Waals surface area contributed by atoms with Gasteiger partial charge in [0.2, 0.25) is 0 Å². The Balaban J connectivity index is 2.47. The number of alkyl halides is 1. The van der Waals surface area contributed by atoms with Gasteiger partial charge in [-0.15, -0.1) is 20.7 Å². The SMILES string of the molecule is C1=ICc2ccccc2C1. The van der Waals surface area contributed by atoms with Gasteiger partial charge in [-0.05, 0) is 17.5 Å². The van der Waals surface area contributed by atoms with Crippen molar-refractivity contribution >= 4 is 24.7 Å². The fraction of sp³-hybridized carbons (Fsp3) is 0.222. The molecule has 10 heavy (non-hydrogen) atoms. The Labute approximate surface area is 71.0 Å². The monoisotopic (exact) mass is 244 g/mol. The van der Waals surface area contributed by atoms with Crippen LogP contribution in [0.2, 0.25) is 0 Å². The third-order valence-electron chi connectivity index (χ3n) is 1.75. The van der Waals surface area contributed by atoms with E-state index in [1.807, 2.05) is 0 Å². The van der Waals surface area contributed by atoms with Gasteiger partial charge in [-0.2, -0.15) is 0 Å². The lowest BCUT2D eigenvalue weighted by molar-refractivity contribution is 1.27. The van der Waals surface area contributed by atoms with E-state index in [2.05, 4.69) is 28.3 Å². The molecule has 1 heteroatoms. The Morgan fingerprint density at radius 1 is 1.10 bits per heavy atom. The number of fused-ring (bicyclic) bond motifs is 1. The van der Waals surface area contributed by atoms with Gasteiger partial charge in [-0.3, -0.25) is 0 Å². The summed E-state index contributed by atoms with van der Waals surface area (Å²) in [5.41, 5.74) is 3.14. The highest BCUT2D eigenvalue weighted by molar-refractivity contribution is 14.2. The van der Waals surface area contributed by atoms with Gasteiger partial charge in [0, 0.05) is 4.43 Å². The first-order valence-electron chi connectivity index (χ1n) is 3.43. The van der Waals surface area contributed by atoms with Crippen LogP contribution in [0.3, 0.4) is 0 Å². The van der Waals surface area contributed by atoms with Crippen molar-refractivity contribution in [3.63, 3.8) is 0 Å². The Hall–Kier alpha value is -0.180. The van der Waals surface area contributed by atoms with E-state index >= 15 is 0 Å². The first-order valence-corrected chi connectivity index (χ1v) is 6.20. The third kappa shape index (κ3) is 1.15. The lowest BCUT2D eigenvalue weighted by Crippen LogP contribution is -1.95. The molecule has 1 aromatic carbocycles. The maximum atomic E-state index is 2.47. The van der Waals surface area contributed by atoms with Crippen LogP contribution >= 0.6 is 20.7 Å². The maximum Gasteiger partial charge on any atom is 0.0199 e. The smallest absolute Gasteiger partial charge is 0.0199 e. The molecule has 0 aromatic heterocycles. The van der Waals surface area contributed by atoms with E-state index in [9.17, 15) is 0 Å². The summed E-state index contributed by atoms with van der Waals surface area (Å²) >= 11 is 0.401. The molecule has 1 aliphatic heterocycles. The van der Waals surface area contributed by atoms with Crippen molar-refractivity contribution in [2.75, 3.05) is 0 Å². The molecular formula is C9H9I. The van der Waals surface area contributed by atoms with Gasteiger partial charge in [0.1, 0.15) is 0 Å². The first kappa shape index (κ1) is 6.53. The third-order valence-corrected chi connectivity index (χ3v) is 4.07. The molecule has 0 aliphatic carbocycles. The first-order chi connectivity index (χ1) is 4.97. The summed E-state index contributed by atoms with van der Waals surface area (Å²) in [4.78, 5) is 0. The van der Waals surface area contributed by atoms with Gasteiger partial charge >= 0.3 is 0 Å². The molecule has 0 unspecified atom stereocenters. The molecule has 0 radical (unpaired) electrons. The van der Waals surface area contributed by atoms with Crippen molar-refractivity contribution in [3.8, 4) is 0 Å². The van der Waals surface area contributed by atoms with Crippen molar-refractivity contribution in [1.82, 2.24) is 0 Å². The van der Waals surface area contributed by atoms with Crippen LogP contribution in [0, 0.1) is 0 Å². The summed E-state index contributed by atoms with van der Waals surface area (Å²) in [6, 6.07) is 8.79. The van der Waals surface area contributed by atoms with E-state index < -0.39 is 0 Å². The molecule has 0 bridgehead atoms. The molecule has 0 atom stereocenters. The second-order valence-corrected chi connectivity index (χ2v) is 4.94. The van der Waals surface area contributed by atoms with Gasteiger partial charge in [-0.25, -0.2) is 0 Å². The minimum atomic E-state index is 0.401. The quantitative estimate of drug-likeness (QED) is 0.486. The van der Waals surface area contributed by atoms with Crippen molar-refractivity contribution in [2.45, 2.75) is 10.8 Å². The van der Waals surface area contributed by atoms with Crippen molar-refractivity contribution in [1.29, 1.82) is 0 Å². The van der Waals surface area contributed by atoms with Gasteiger partial charge in [-0.1, -0.05) is 28.3 Å². The topological polar surface area (TPSA) is 0 Å². The summed E-state index contributed by atoms with van der Waals surface area (Å²) in [7, 11) is 0. The molecule has 0 fully saturated rings. The second-order valence-electron chi connectivity index (χ2n) is 2.42. The van der Waals surface area contributed by atoms with Crippen LogP contribution in [0.5, 0.6) is 0 Å². The highest BCUT2D eigenvalue weighted by Gasteiger charge is 2.01. The molecule has 0 amide bonds. The summed E-state index contributed by atoms with van der Waals surface area (Å²) in [5.74, 6) is 0. The van der Waals surface area contributed by atoms with Crippen LogP contribution < -0.4 is 0 Å². The highest BCUT2D eigenvalue weighted by atomic mass is 127. The van der Waals surface area contributed by atoms with Crippen LogP contribution in [-0.2, 0) is 10.8 Å². The van der Waals surface area contributed by atoms with E-state index in [1.54, 1.807) is 11.1 Å². The molecule has 1 aliphatic rings. The molecule has 0 saturated carbocycles. The van der Waals surface area contributed by atoms with Crippen molar-refractivity contribution < 1.29 is 0 Å². The maximum absolute atomic E-state index is 2.47. The van der Waals surface area contributed by atoms with Gasteiger partial charge < -0.3 is 0 Å². The Kier molecular flexibility index (Phi) is 1.84. The van der Waals surface area contributed by atoms with Crippen molar-refractivity contribution in [2.24, 2.45) is 0 Å². The van der Waals surface area contributed by atoms with E-state index in [0.717, 1.165) is 0 Å². The zero-order valence-electron chi connectivity index (χ0n) is 5.68. The molecule has 52 valence electrons. The van der Waals surface area contributed by atoms with Crippen molar-refractivity contribution in [3.05, 3.63) is 35.4 Å². The number of rotatable bonds is 0. The fourth-order valence-corrected chi connectivity index (χ4v) is 3.48. The molecule has 0 N–H and O–H groups in total.